The molecule has 0 spiro atoms. The minimum Gasteiger partial charge on any atom is -0.381 e. The average molecular weight is 220 g/mol. The van der Waals surface area contributed by atoms with Gasteiger partial charge in [0.15, 0.2) is 0 Å². The Morgan fingerprint density at radius 3 is 2.80 bits per heavy atom. The molecule has 76 valence electrons. The summed E-state index contributed by atoms with van der Waals surface area (Å²) in [5.41, 5.74) is 0.694. The minimum atomic E-state index is -0.531. The van der Waals surface area contributed by atoms with Crippen LogP contribution in [0.2, 0.25) is 0 Å². The molecule has 0 aliphatic rings. The van der Waals surface area contributed by atoms with Gasteiger partial charge in [-0.15, -0.1) is 0 Å². The van der Waals surface area contributed by atoms with E-state index in [1.165, 1.54) is 11.3 Å². The first-order valence-electron chi connectivity index (χ1n) is 4.28. The van der Waals surface area contributed by atoms with E-state index in [2.05, 4.69) is 10.3 Å². The summed E-state index contributed by atoms with van der Waals surface area (Å²) in [7, 11) is 0. The number of rotatable bonds is 2. The van der Waals surface area contributed by atoms with Crippen LogP contribution in [-0.2, 0) is 0 Å². The van der Waals surface area contributed by atoms with E-state index < -0.39 is 6.09 Å². The van der Waals surface area contributed by atoms with Crippen LogP contribution in [0.25, 0.3) is 0 Å². The predicted octanol–water partition coefficient (Wildman–Crippen LogP) is 2.75. The number of carbonyl (C=O) groups is 1. The summed E-state index contributed by atoms with van der Waals surface area (Å²) in [6.45, 7) is 0. The molecule has 0 aliphatic carbocycles. The Morgan fingerprint density at radius 1 is 1.33 bits per heavy atom. The van der Waals surface area contributed by atoms with Gasteiger partial charge in [-0.1, -0.05) is 29.5 Å². The number of carbonyl (C=O) groups excluding carboxylic acids is 1. The van der Waals surface area contributed by atoms with Gasteiger partial charge < -0.3 is 4.74 Å². The van der Waals surface area contributed by atoms with Crippen LogP contribution < -0.4 is 10.1 Å². The molecule has 1 amide bonds. The quantitative estimate of drug-likeness (QED) is 0.846. The van der Waals surface area contributed by atoms with Crippen LogP contribution in [0.15, 0.2) is 41.9 Å². The molecule has 1 aromatic heterocycles. The molecule has 4 nitrogen and oxygen atoms in total. The Bertz CT molecular complexity index is 428. The summed E-state index contributed by atoms with van der Waals surface area (Å²) in [6.07, 6.45) is 1.05. The molecule has 1 aromatic carbocycles. The van der Waals surface area contributed by atoms with Crippen molar-refractivity contribution in [2.24, 2.45) is 0 Å². The second-order valence-electron chi connectivity index (χ2n) is 2.68. The molecule has 0 radical (unpaired) electrons. The molecule has 0 bridgehead atoms. The standard InChI is InChI=1S/C10H8N2O2S/c13-9(14-10-11-6-7-15-10)12-8-4-2-1-3-5-8/h1-7H,(H,12,13). The van der Waals surface area contributed by atoms with Gasteiger partial charge in [0.05, 0.1) is 0 Å². The third kappa shape index (κ3) is 2.78. The first-order valence-corrected chi connectivity index (χ1v) is 5.16. The summed E-state index contributed by atoms with van der Waals surface area (Å²) >= 11 is 1.27. The Kier molecular flexibility index (Phi) is 2.94. The van der Waals surface area contributed by atoms with Crippen molar-refractivity contribution in [2.75, 3.05) is 5.32 Å². The SMILES string of the molecule is O=C(Nc1ccccc1)Oc1nccs1. The Balaban J connectivity index is 1.94. The smallest absolute Gasteiger partial charge is 0.381 e. The molecule has 2 rings (SSSR count). The topological polar surface area (TPSA) is 51.2 Å². The lowest BCUT2D eigenvalue weighted by Gasteiger charge is -2.02. The first-order chi connectivity index (χ1) is 7.34. The average Bonchev–Trinajstić information content (AvgIpc) is 2.71. The molecular formula is C10H8N2O2S. The molecular weight excluding hydrogens is 212 g/mol. The van der Waals surface area contributed by atoms with Gasteiger partial charge in [-0.2, -0.15) is 0 Å². The fourth-order valence-electron chi connectivity index (χ4n) is 1.00. The molecule has 0 unspecified atom stereocenters. The third-order valence-electron chi connectivity index (χ3n) is 1.61. The van der Waals surface area contributed by atoms with Crippen LogP contribution >= 0.6 is 11.3 Å². The minimum absolute atomic E-state index is 0.337. The first kappa shape index (κ1) is 9.67. The number of nitrogens with one attached hydrogen (secondary N) is 1. The van der Waals surface area contributed by atoms with E-state index >= 15 is 0 Å². The van der Waals surface area contributed by atoms with Gasteiger partial charge in [0.1, 0.15) is 0 Å². The van der Waals surface area contributed by atoms with Crippen molar-refractivity contribution in [3.8, 4) is 5.19 Å². The highest BCUT2D eigenvalue weighted by Gasteiger charge is 2.05. The second-order valence-corrected chi connectivity index (χ2v) is 3.54. The van der Waals surface area contributed by atoms with Gasteiger partial charge >= 0.3 is 6.09 Å². The number of amides is 1. The lowest BCUT2D eigenvalue weighted by molar-refractivity contribution is 0.215. The van der Waals surface area contributed by atoms with E-state index in [4.69, 9.17) is 4.74 Å². The highest BCUT2D eigenvalue weighted by atomic mass is 32.1. The molecule has 0 saturated heterocycles. The van der Waals surface area contributed by atoms with E-state index in [9.17, 15) is 4.79 Å². The zero-order valence-corrected chi connectivity index (χ0v) is 8.53. The van der Waals surface area contributed by atoms with E-state index in [0.717, 1.165) is 0 Å². The normalized spacial score (nSPS) is 9.60. The van der Waals surface area contributed by atoms with Crippen LogP contribution in [0, 0.1) is 0 Å². The molecule has 0 fully saturated rings. The van der Waals surface area contributed by atoms with E-state index in [1.54, 1.807) is 23.7 Å². The summed E-state index contributed by atoms with van der Waals surface area (Å²) in [5, 5.41) is 4.66. The Labute approximate surface area is 90.5 Å². The highest BCUT2D eigenvalue weighted by molar-refractivity contribution is 7.11. The lowest BCUT2D eigenvalue weighted by Crippen LogP contribution is -2.16. The number of hydrogen-bond acceptors (Lipinski definition) is 4. The van der Waals surface area contributed by atoms with Crippen LogP contribution in [0.5, 0.6) is 5.19 Å². The Morgan fingerprint density at radius 2 is 2.13 bits per heavy atom. The number of ether oxygens (including phenoxy) is 1. The zero-order chi connectivity index (χ0) is 10.5. The van der Waals surface area contributed by atoms with Crippen LogP contribution in [0.4, 0.5) is 10.5 Å². The van der Waals surface area contributed by atoms with Gasteiger partial charge in [-0.05, 0) is 12.1 Å². The number of aromatic nitrogens is 1. The van der Waals surface area contributed by atoms with Crippen molar-refractivity contribution in [1.29, 1.82) is 0 Å². The third-order valence-corrected chi connectivity index (χ3v) is 2.26. The molecule has 15 heavy (non-hydrogen) atoms. The number of nitrogens with zero attached hydrogens (tertiary/aromatic N) is 1. The van der Waals surface area contributed by atoms with Gasteiger partial charge in [-0.25, -0.2) is 9.78 Å². The summed E-state index contributed by atoms with van der Waals surface area (Å²) in [6, 6.07) is 9.10. The fourth-order valence-corrected chi connectivity index (χ4v) is 1.49. The summed E-state index contributed by atoms with van der Waals surface area (Å²) in [5.74, 6) is 0. The fraction of sp³-hybridized carbons (Fsp3) is 0. The number of anilines is 1. The highest BCUT2D eigenvalue weighted by Crippen LogP contribution is 2.14. The van der Waals surface area contributed by atoms with Crippen LogP contribution in [0.3, 0.4) is 0 Å². The monoisotopic (exact) mass is 220 g/mol. The maximum Gasteiger partial charge on any atom is 0.419 e. The molecule has 1 N–H and O–H groups in total. The van der Waals surface area contributed by atoms with E-state index in [-0.39, 0.29) is 0 Å². The molecule has 0 aliphatic heterocycles. The maximum atomic E-state index is 11.3. The maximum absolute atomic E-state index is 11.3. The van der Waals surface area contributed by atoms with Crippen molar-refractivity contribution < 1.29 is 9.53 Å². The molecule has 0 saturated carbocycles. The molecule has 5 heteroatoms. The van der Waals surface area contributed by atoms with E-state index in [1.807, 2.05) is 18.2 Å². The van der Waals surface area contributed by atoms with Crippen molar-refractivity contribution in [1.82, 2.24) is 4.98 Å². The largest absolute Gasteiger partial charge is 0.419 e. The van der Waals surface area contributed by atoms with Gasteiger partial charge in [0.25, 0.3) is 5.19 Å². The second kappa shape index (κ2) is 4.56. The molecule has 2 aromatic rings. The summed E-state index contributed by atoms with van der Waals surface area (Å²) < 4.78 is 4.92. The van der Waals surface area contributed by atoms with Crippen LogP contribution in [-0.4, -0.2) is 11.1 Å². The van der Waals surface area contributed by atoms with Crippen molar-refractivity contribution in [2.45, 2.75) is 0 Å². The van der Waals surface area contributed by atoms with Gasteiger partial charge in [-0.3, -0.25) is 5.32 Å². The van der Waals surface area contributed by atoms with Crippen molar-refractivity contribution in [3.05, 3.63) is 41.9 Å². The van der Waals surface area contributed by atoms with Gasteiger partial charge in [0, 0.05) is 17.3 Å². The number of hydrogen-bond donors (Lipinski definition) is 1. The number of benzene rings is 1. The number of thiazole rings is 1. The number of para-hydroxylation sites is 1. The summed E-state index contributed by atoms with van der Waals surface area (Å²) in [4.78, 5) is 15.1. The lowest BCUT2D eigenvalue weighted by atomic mass is 10.3. The zero-order valence-electron chi connectivity index (χ0n) is 7.71. The van der Waals surface area contributed by atoms with Crippen LogP contribution in [0.1, 0.15) is 0 Å². The van der Waals surface area contributed by atoms with E-state index in [0.29, 0.717) is 10.9 Å². The van der Waals surface area contributed by atoms with Crippen molar-refractivity contribution in [3.63, 3.8) is 0 Å². The predicted molar refractivity (Wildman–Crippen MR) is 58.2 cm³/mol. The molecule has 1 heterocycles. The van der Waals surface area contributed by atoms with Crippen molar-refractivity contribution >= 4 is 23.1 Å². The van der Waals surface area contributed by atoms with Gasteiger partial charge in [0.2, 0.25) is 0 Å². The molecule has 0 atom stereocenters. The Hall–Kier alpha value is -1.88.